The van der Waals surface area contributed by atoms with Crippen LogP contribution < -0.4 is 0 Å². The zero-order chi connectivity index (χ0) is 33.3. The van der Waals surface area contributed by atoms with E-state index in [0.29, 0.717) is 0 Å². The third kappa shape index (κ3) is 3.44. The Hall–Kier alpha value is -6.50. The van der Waals surface area contributed by atoms with Crippen LogP contribution in [0.25, 0.3) is 87.6 Å². The lowest BCUT2D eigenvalue weighted by Gasteiger charge is -2.30. The minimum Gasteiger partial charge on any atom is -0.0622 e. The van der Waals surface area contributed by atoms with Crippen molar-refractivity contribution in [1.29, 1.82) is 0 Å². The van der Waals surface area contributed by atoms with E-state index in [-0.39, 0.29) is 5.41 Å². The Morgan fingerprint density at radius 2 is 0.843 bits per heavy atom. The van der Waals surface area contributed by atoms with Gasteiger partial charge in [0.2, 0.25) is 0 Å². The van der Waals surface area contributed by atoms with Gasteiger partial charge >= 0.3 is 0 Å². The molecule has 2 aliphatic rings. The summed E-state index contributed by atoms with van der Waals surface area (Å²) in [5.74, 6) is 0. The summed E-state index contributed by atoms with van der Waals surface area (Å²) in [6, 6.07) is 68.6. The maximum Gasteiger partial charge on any atom is 0.0725 e. The van der Waals surface area contributed by atoms with Gasteiger partial charge in [0.15, 0.2) is 0 Å². The van der Waals surface area contributed by atoms with Crippen molar-refractivity contribution in [2.24, 2.45) is 0 Å². The molecule has 0 radical (unpaired) electrons. The Bertz CT molecular complexity index is 2960. The van der Waals surface area contributed by atoms with Crippen molar-refractivity contribution >= 4 is 43.1 Å². The molecule has 51 heavy (non-hydrogen) atoms. The molecule has 0 saturated carbocycles. The van der Waals surface area contributed by atoms with Crippen molar-refractivity contribution in [1.82, 2.24) is 0 Å². The molecule has 0 aliphatic heterocycles. The van der Waals surface area contributed by atoms with E-state index in [4.69, 9.17) is 0 Å². The summed E-state index contributed by atoms with van der Waals surface area (Å²) in [5.41, 5.74) is 15.5. The van der Waals surface area contributed by atoms with Crippen molar-refractivity contribution in [3.8, 4) is 44.5 Å². The van der Waals surface area contributed by atoms with Crippen LogP contribution in [0.2, 0.25) is 0 Å². The monoisotopic (exact) mass is 642 g/mol. The number of hydrogen-bond acceptors (Lipinski definition) is 0. The molecular formula is C51H30. The Morgan fingerprint density at radius 1 is 0.275 bits per heavy atom. The maximum absolute atomic E-state index is 2.49. The van der Waals surface area contributed by atoms with Gasteiger partial charge in [0.25, 0.3) is 0 Å². The van der Waals surface area contributed by atoms with Crippen LogP contribution in [-0.2, 0) is 5.41 Å². The molecule has 0 nitrogen and oxygen atoms in total. The normalized spacial score (nSPS) is 13.6. The van der Waals surface area contributed by atoms with E-state index >= 15 is 0 Å². The van der Waals surface area contributed by atoms with Gasteiger partial charge < -0.3 is 0 Å². The predicted molar refractivity (Wildman–Crippen MR) is 215 cm³/mol. The minimum absolute atomic E-state index is 0.388. The highest BCUT2D eigenvalue weighted by atomic mass is 14.5. The smallest absolute Gasteiger partial charge is 0.0622 e. The maximum atomic E-state index is 2.49. The van der Waals surface area contributed by atoms with Gasteiger partial charge in [-0.05, 0) is 128 Å². The summed E-state index contributed by atoms with van der Waals surface area (Å²) in [4.78, 5) is 0. The molecule has 10 aromatic rings. The highest BCUT2D eigenvalue weighted by molar-refractivity contribution is 6.24. The van der Waals surface area contributed by atoms with Crippen LogP contribution >= 0.6 is 0 Å². The van der Waals surface area contributed by atoms with Crippen LogP contribution in [0.3, 0.4) is 0 Å². The summed E-state index contributed by atoms with van der Waals surface area (Å²) < 4.78 is 0. The zero-order valence-electron chi connectivity index (χ0n) is 27.8. The van der Waals surface area contributed by atoms with E-state index in [0.717, 1.165) is 0 Å². The number of hydrogen-bond donors (Lipinski definition) is 0. The fraction of sp³-hybridized carbons (Fsp3) is 0.0196. The van der Waals surface area contributed by atoms with Gasteiger partial charge in [-0.25, -0.2) is 0 Å². The molecule has 0 amide bonds. The zero-order valence-corrected chi connectivity index (χ0v) is 27.8. The predicted octanol–water partition coefficient (Wildman–Crippen LogP) is 13.4. The lowest BCUT2D eigenvalue weighted by Crippen LogP contribution is -2.25. The molecule has 0 unspecified atom stereocenters. The third-order valence-electron chi connectivity index (χ3n) is 12.0. The van der Waals surface area contributed by atoms with Crippen LogP contribution in [0.15, 0.2) is 182 Å². The van der Waals surface area contributed by atoms with Gasteiger partial charge in [-0.3, -0.25) is 0 Å². The molecule has 234 valence electrons. The Morgan fingerprint density at radius 3 is 1.57 bits per heavy atom. The topological polar surface area (TPSA) is 0 Å². The second-order valence-corrected chi connectivity index (χ2v) is 14.4. The van der Waals surface area contributed by atoms with Crippen LogP contribution in [0.4, 0.5) is 0 Å². The molecule has 0 heteroatoms. The summed E-state index contributed by atoms with van der Waals surface area (Å²) in [6.07, 6.45) is 0. The highest BCUT2D eigenvalue weighted by Gasteiger charge is 2.52. The summed E-state index contributed by atoms with van der Waals surface area (Å²) >= 11 is 0. The van der Waals surface area contributed by atoms with Crippen LogP contribution in [-0.4, -0.2) is 0 Å². The first kappa shape index (κ1) is 27.3. The second kappa shape index (κ2) is 9.81. The van der Waals surface area contributed by atoms with E-state index in [1.165, 1.54) is 110 Å². The van der Waals surface area contributed by atoms with Gasteiger partial charge in [-0.15, -0.1) is 0 Å². The van der Waals surface area contributed by atoms with Crippen molar-refractivity contribution in [3.05, 3.63) is 204 Å². The molecule has 0 aromatic heterocycles. The van der Waals surface area contributed by atoms with E-state index in [9.17, 15) is 0 Å². The molecular weight excluding hydrogens is 613 g/mol. The first-order chi connectivity index (χ1) is 25.3. The van der Waals surface area contributed by atoms with Crippen LogP contribution in [0.1, 0.15) is 22.3 Å². The average molecular weight is 643 g/mol. The molecule has 1 spiro atoms. The van der Waals surface area contributed by atoms with E-state index in [1.807, 2.05) is 0 Å². The van der Waals surface area contributed by atoms with Gasteiger partial charge in [-0.1, -0.05) is 164 Å². The number of benzene rings is 10. The van der Waals surface area contributed by atoms with Crippen molar-refractivity contribution < 1.29 is 0 Å². The molecule has 0 fully saturated rings. The van der Waals surface area contributed by atoms with Gasteiger partial charge in [-0.2, -0.15) is 0 Å². The fourth-order valence-corrected chi connectivity index (χ4v) is 9.97. The van der Waals surface area contributed by atoms with Crippen molar-refractivity contribution in [2.75, 3.05) is 0 Å². The van der Waals surface area contributed by atoms with E-state index in [2.05, 4.69) is 182 Å². The Labute approximate surface area is 296 Å². The average Bonchev–Trinajstić information content (AvgIpc) is 3.67. The number of fused-ring (bicyclic) bond motifs is 12. The third-order valence-corrected chi connectivity index (χ3v) is 12.0. The lowest BCUT2D eigenvalue weighted by atomic mass is 9.70. The summed E-state index contributed by atoms with van der Waals surface area (Å²) in [7, 11) is 0. The molecule has 0 saturated heterocycles. The molecule has 0 bridgehead atoms. The van der Waals surface area contributed by atoms with Crippen LogP contribution in [0.5, 0.6) is 0 Å². The Balaban J connectivity index is 1.18. The van der Waals surface area contributed by atoms with Crippen molar-refractivity contribution in [3.63, 3.8) is 0 Å². The van der Waals surface area contributed by atoms with Gasteiger partial charge in [0.05, 0.1) is 5.41 Å². The largest absolute Gasteiger partial charge is 0.0725 e. The molecule has 0 N–H and O–H groups in total. The van der Waals surface area contributed by atoms with Crippen molar-refractivity contribution in [2.45, 2.75) is 5.41 Å². The van der Waals surface area contributed by atoms with Gasteiger partial charge in [0, 0.05) is 0 Å². The molecule has 10 aromatic carbocycles. The first-order valence-corrected chi connectivity index (χ1v) is 17.9. The standard InChI is InChI=1S/C51H30/c1-2-10-31(11-3-1)38-16-9-17-42-39(38)25-27-47-50(42)43-30-34(37-28-35-22-20-32-12-8-13-33-21-23-36(29-37)49(35)48(32)33)24-26-46(43)51(47)44-18-6-4-14-40(44)41-15-5-7-19-45(41)51/h1-30H. The summed E-state index contributed by atoms with van der Waals surface area (Å²) in [5, 5.41) is 10.5. The van der Waals surface area contributed by atoms with E-state index in [1.54, 1.807) is 0 Å². The van der Waals surface area contributed by atoms with Gasteiger partial charge in [0.1, 0.15) is 0 Å². The molecule has 12 rings (SSSR count). The quantitative estimate of drug-likeness (QED) is 0.165. The Kier molecular flexibility index (Phi) is 5.26. The van der Waals surface area contributed by atoms with E-state index < -0.39 is 0 Å². The number of rotatable bonds is 2. The summed E-state index contributed by atoms with van der Waals surface area (Å²) in [6.45, 7) is 0. The minimum atomic E-state index is -0.388. The molecule has 0 atom stereocenters. The fourth-order valence-electron chi connectivity index (χ4n) is 9.97. The highest BCUT2D eigenvalue weighted by Crippen LogP contribution is 2.64. The molecule has 0 heterocycles. The van der Waals surface area contributed by atoms with Crippen LogP contribution in [0, 0.1) is 0 Å². The molecule has 2 aliphatic carbocycles. The second-order valence-electron chi connectivity index (χ2n) is 14.4. The first-order valence-electron chi connectivity index (χ1n) is 17.9. The lowest BCUT2D eigenvalue weighted by molar-refractivity contribution is 0.794. The SMILES string of the molecule is c1ccc(-c2cccc3c4c(ccc23)C2(c3ccccc3-c3ccccc32)c2ccc(-c3cc5ccc6cccc7ccc(c3)c5c67)cc2-4)cc1.